The third kappa shape index (κ3) is 4.05. The van der Waals surface area contributed by atoms with Gasteiger partial charge in [0.05, 0.1) is 17.6 Å². The molecule has 3 fully saturated rings. The van der Waals surface area contributed by atoms with Gasteiger partial charge in [0.15, 0.2) is 6.10 Å². The predicted octanol–water partition coefficient (Wildman–Crippen LogP) is 2.68. The molecule has 0 bridgehead atoms. The number of alkyl halides is 3. The molecule has 7 nitrogen and oxygen atoms in total. The van der Waals surface area contributed by atoms with Gasteiger partial charge < -0.3 is 24.9 Å². The van der Waals surface area contributed by atoms with E-state index in [4.69, 9.17) is 0 Å². The number of urea groups is 1. The number of likely N-dealkylation sites (N-methyl/N-ethyl adjacent to an activating group) is 1. The molecule has 2 N–H and O–H groups in total. The number of halogens is 3. The third-order valence-electron chi connectivity index (χ3n) is 7.27. The van der Waals surface area contributed by atoms with Crippen molar-refractivity contribution in [2.45, 2.75) is 50.0 Å². The van der Waals surface area contributed by atoms with Crippen molar-refractivity contribution in [1.29, 1.82) is 0 Å². The van der Waals surface area contributed by atoms with Crippen molar-refractivity contribution in [3.8, 4) is 0 Å². The van der Waals surface area contributed by atoms with E-state index in [1.807, 2.05) is 0 Å². The van der Waals surface area contributed by atoms with E-state index >= 15 is 0 Å². The molecule has 1 saturated carbocycles. The molecule has 0 aromatic heterocycles. The summed E-state index contributed by atoms with van der Waals surface area (Å²) in [6.07, 6.45) is -4.87. The topological polar surface area (TPSA) is 84.3 Å². The van der Waals surface area contributed by atoms with Gasteiger partial charge >= 0.3 is 12.2 Å². The van der Waals surface area contributed by atoms with Crippen LogP contribution in [0.15, 0.2) is 24.3 Å². The summed E-state index contributed by atoms with van der Waals surface area (Å²) >= 11 is 0. The summed E-state index contributed by atoms with van der Waals surface area (Å²) in [5.41, 5.74) is -1.39. The number of carbonyl (C=O) groups is 2. The Kier molecular flexibility index (Phi) is 5.65. The van der Waals surface area contributed by atoms with E-state index in [2.05, 4.69) is 0 Å². The summed E-state index contributed by atoms with van der Waals surface area (Å²) in [5, 5.41) is 20.4. The van der Waals surface area contributed by atoms with Crippen LogP contribution in [-0.2, 0) is 4.79 Å². The van der Waals surface area contributed by atoms with Crippen molar-refractivity contribution in [1.82, 2.24) is 9.80 Å². The van der Waals surface area contributed by atoms with Crippen molar-refractivity contribution in [3.63, 3.8) is 0 Å². The molecule has 1 atom stereocenters. The number of amides is 3. The first-order valence-corrected chi connectivity index (χ1v) is 10.8. The number of hydrogen-bond donors (Lipinski definition) is 2. The zero-order chi connectivity index (χ0) is 23.3. The second kappa shape index (κ2) is 7.91. The van der Waals surface area contributed by atoms with Gasteiger partial charge in [-0.2, -0.15) is 13.2 Å². The summed E-state index contributed by atoms with van der Waals surface area (Å²) in [4.78, 5) is 30.2. The molecule has 2 heterocycles. The Bertz CT molecular complexity index is 881. The highest BCUT2D eigenvalue weighted by Gasteiger charge is 2.52. The molecule has 2 saturated heterocycles. The Morgan fingerprint density at radius 1 is 1.00 bits per heavy atom. The fourth-order valence-electron chi connectivity index (χ4n) is 5.11. The van der Waals surface area contributed by atoms with E-state index in [9.17, 15) is 33.0 Å². The molecule has 1 aromatic rings. The molecule has 1 aromatic carbocycles. The second-order valence-electron chi connectivity index (χ2n) is 9.37. The van der Waals surface area contributed by atoms with Gasteiger partial charge in [-0.15, -0.1) is 0 Å². The van der Waals surface area contributed by atoms with Crippen LogP contribution in [0.5, 0.6) is 0 Å². The van der Waals surface area contributed by atoms with Gasteiger partial charge in [-0.25, -0.2) is 4.79 Å². The lowest BCUT2D eigenvalue weighted by Gasteiger charge is -2.42. The van der Waals surface area contributed by atoms with Crippen molar-refractivity contribution in [2.24, 2.45) is 5.41 Å². The van der Waals surface area contributed by atoms with Gasteiger partial charge in [0.1, 0.15) is 0 Å². The monoisotopic (exact) mass is 455 g/mol. The number of β-amino-alcohol motifs (C(OH)–C–C–N with tert-alkyl or cyclic N) is 1. The predicted molar refractivity (Wildman–Crippen MR) is 110 cm³/mol. The smallest absolute Gasteiger partial charge is 0.388 e. The number of rotatable bonds is 4. The minimum atomic E-state index is -4.75. The van der Waals surface area contributed by atoms with Crippen LogP contribution in [0.4, 0.5) is 23.7 Å². The van der Waals surface area contributed by atoms with Gasteiger partial charge in [0.25, 0.3) is 0 Å². The van der Waals surface area contributed by atoms with Crippen LogP contribution < -0.4 is 4.90 Å². The summed E-state index contributed by atoms with van der Waals surface area (Å²) < 4.78 is 38.1. The molecular weight excluding hydrogens is 427 g/mol. The molecule has 0 unspecified atom stereocenters. The zero-order valence-corrected chi connectivity index (χ0v) is 17.9. The molecular formula is C22H28F3N3O4. The molecule has 1 aliphatic carbocycles. The Morgan fingerprint density at radius 3 is 2.16 bits per heavy atom. The highest BCUT2D eigenvalue weighted by atomic mass is 19.4. The van der Waals surface area contributed by atoms with Gasteiger partial charge in [-0.05, 0) is 49.8 Å². The summed E-state index contributed by atoms with van der Waals surface area (Å²) in [6.45, 7) is 1.92. The first-order valence-electron chi connectivity index (χ1n) is 10.8. The molecule has 4 rings (SSSR count). The molecule has 3 aliphatic rings. The van der Waals surface area contributed by atoms with Crippen molar-refractivity contribution in [3.05, 3.63) is 29.8 Å². The summed E-state index contributed by atoms with van der Waals surface area (Å²) in [7, 11) is 1.73. The maximum Gasteiger partial charge on any atom is 0.418 e. The van der Waals surface area contributed by atoms with Crippen LogP contribution in [0.2, 0.25) is 0 Å². The van der Waals surface area contributed by atoms with Crippen molar-refractivity contribution >= 4 is 17.6 Å². The zero-order valence-electron chi connectivity index (χ0n) is 17.9. The number of benzene rings is 1. The van der Waals surface area contributed by atoms with Crippen molar-refractivity contribution in [2.75, 3.05) is 38.1 Å². The first kappa shape index (κ1) is 22.8. The second-order valence-corrected chi connectivity index (χ2v) is 9.37. The van der Waals surface area contributed by atoms with Gasteiger partial charge in [-0.1, -0.05) is 12.1 Å². The highest BCUT2D eigenvalue weighted by molar-refractivity contribution is 6.00. The Labute approximate surface area is 184 Å². The van der Waals surface area contributed by atoms with Crippen LogP contribution in [0.1, 0.15) is 43.8 Å². The third-order valence-corrected chi connectivity index (χ3v) is 7.27. The molecule has 1 spiro atoms. The molecule has 0 radical (unpaired) electrons. The van der Waals surface area contributed by atoms with E-state index in [1.54, 1.807) is 21.7 Å². The highest BCUT2D eigenvalue weighted by Crippen LogP contribution is 2.49. The van der Waals surface area contributed by atoms with Gasteiger partial charge in [0.2, 0.25) is 5.91 Å². The number of aliphatic hydroxyl groups is 2. The molecule has 2 aliphatic heterocycles. The number of aliphatic hydroxyl groups excluding tert-OH is 1. The molecule has 3 amide bonds. The van der Waals surface area contributed by atoms with E-state index in [-0.39, 0.29) is 24.0 Å². The minimum Gasteiger partial charge on any atom is -0.388 e. The number of anilines is 1. The fraction of sp³-hybridized carbons (Fsp3) is 0.636. The Hall–Kier alpha value is -2.33. The fourth-order valence-corrected chi connectivity index (χ4v) is 5.11. The lowest BCUT2D eigenvalue weighted by atomic mass is 9.67. The van der Waals surface area contributed by atoms with Crippen LogP contribution in [0.25, 0.3) is 0 Å². The van der Waals surface area contributed by atoms with Gasteiger partial charge in [0, 0.05) is 32.4 Å². The maximum atomic E-state index is 13.3. The maximum absolute atomic E-state index is 13.3. The minimum absolute atomic E-state index is 0.0827. The number of hydrogen-bond acceptors (Lipinski definition) is 4. The first-order chi connectivity index (χ1) is 14.9. The van der Waals surface area contributed by atoms with Crippen LogP contribution >= 0.6 is 0 Å². The standard InChI is InChI=1S/C22H28F3N3O4/c1-26-12-13-27(19(26)31)14-21(32)8-6-20(7-9-21)10-11-28(18(20)30)16-4-2-15(3-5-16)17(29)22(23,24)25/h2-5,17,29,32H,6-14H2,1H3/t17-,20-,21+/m1/s1. The van der Waals surface area contributed by atoms with Crippen molar-refractivity contribution < 1.29 is 33.0 Å². The average Bonchev–Trinajstić information content (AvgIpc) is 3.24. The molecule has 176 valence electrons. The largest absolute Gasteiger partial charge is 0.418 e. The van der Waals surface area contributed by atoms with E-state index in [0.29, 0.717) is 57.4 Å². The van der Waals surface area contributed by atoms with E-state index < -0.39 is 23.3 Å². The summed E-state index contributed by atoms with van der Waals surface area (Å²) in [6, 6.07) is 5.14. The van der Waals surface area contributed by atoms with Crippen LogP contribution in [-0.4, -0.2) is 77.0 Å². The molecule has 32 heavy (non-hydrogen) atoms. The Balaban J connectivity index is 1.40. The normalized spacial score (nSPS) is 30.0. The Morgan fingerprint density at radius 2 is 1.62 bits per heavy atom. The lowest BCUT2D eigenvalue weighted by molar-refractivity contribution is -0.206. The quantitative estimate of drug-likeness (QED) is 0.731. The lowest BCUT2D eigenvalue weighted by Crippen LogP contribution is -2.50. The number of carbonyl (C=O) groups excluding carboxylic acids is 2. The SMILES string of the molecule is CN1CCN(C[C@]2(O)CC[C@]3(CCN(c4ccc([C@@H](O)C(F)(F)F)cc4)C3=O)CC2)C1=O. The van der Waals surface area contributed by atoms with Gasteiger partial charge in [-0.3, -0.25) is 4.79 Å². The number of nitrogens with zero attached hydrogens (tertiary/aromatic N) is 3. The van der Waals surface area contributed by atoms with Crippen LogP contribution in [0.3, 0.4) is 0 Å². The average molecular weight is 455 g/mol. The van der Waals surface area contributed by atoms with E-state index in [0.717, 1.165) is 0 Å². The van der Waals surface area contributed by atoms with E-state index in [1.165, 1.54) is 24.3 Å². The van der Waals surface area contributed by atoms with Crippen LogP contribution in [0, 0.1) is 5.41 Å². The molecule has 10 heteroatoms. The summed E-state index contributed by atoms with van der Waals surface area (Å²) in [5.74, 6) is -0.0827.